The van der Waals surface area contributed by atoms with Crippen LogP contribution in [0.25, 0.3) is 0 Å². The molecule has 0 radical (unpaired) electrons. The van der Waals surface area contributed by atoms with Crippen molar-refractivity contribution in [3.63, 3.8) is 0 Å². The van der Waals surface area contributed by atoms with Crippen molar-refractivity contribution in [2.45, 2.75) is 27.4 Å². The molecule has 1 aliphatic rings. The molecule has 0 spiro atoms. The van der Waals surface area contributed by atoms with Crippen molar-refractivity contribution in [2.24, 2.45) is 7.05 Å². The minimum Gasteiger partial charge on any atom is -0.307 e. The Hall–Kier alpha value is -0.830. The number of aromatic nitrogens is 2. The third-order valence-electron chi connectivity index (χ3n) is 2.14. The van der Waals surface area contributed by atoms with Crippen LogP contribution in [0.15, 0.2) is 0 Å². The molecule has 11 heavy (non-hydrogen) atoms. The summed E-state index contributed by atoms with van der Waals surface area (Å²) in [6, 6.07) is 0. The van der Waals surface area contributed by atoms with E-state index in [0.29, 0.717) is 0 Å². The van der Waals surface area contributed by atoms with Crippen molar-refractivity contribution < 1.29 is 0 Å². The molecule has 0 saturated heterocycles. The van der Waals surface area contributed by atoms with E-state index in [2.05, 4.69) is 17.3 Å². The Kier molecular flexibility index (Phi) is 2.00. The SMILES string of the molecule is C.Cc1c2c(nn1C)CNC2. The van der Waals surface area contributed by atoms with Crippen LogP contribution in [0.1, 0.15) is 24.4 Å². The van der Waals surface area contributed by atoms with Crippen molar-refractivity contribution >= 4 is 0 Å². The average molecular weight is 153 g/mol. The van der Waals surface area contributed by atoms with E-state index in [1.165, 1.54) is 17.0 Å². The van der Waals surface area contributed by atoms with Gasteiger partial charge in [-0.1, -0.05) is 7.43 Å². The highest BCUT2D eigenvalue weighted by molar-refractivity contribution is 5.28. The third kappa shape index (κ3) is 1.05. The van der Waals surface area contributed by atoms with Crippen LogP contribution in [0.4, 0.5) is 0 Å². The van der Waals surface area contributed by atoms with E-state index in [4.69, 9.17) is 0 Å². The molecule has 1 aliphatic heterocycles. The van der Waals surface area contributed by atoms with Crippen LogP contribution in [0.5, 0.6) is 0 Å². The normalized spacial score (nSPS) is 14.4. The van der Waals surface area contributed by atoms with Crippen molar-refractivity contribution in [1.82, 2.24) is 15.1 Å². The Balaban J connectivity index is 0.000000605. The van der Waals surface area contributed by atoms with Gasteiger partial charge in [0.25, 0.3) is 0 Å². The van der Waals surface area contributed by atoms with Crippen LogP contribution in [0, 0.1) is 6.92 Å². The van der Waals surface area contributed by atoms with Crippen LogP contribution in [0.2, 0.25) is 0 Å². The first kappa shape index (κ1) is 8.27. The molecule has 62 valence electrons. The lowest BCUT2D eigenvalue weighted by atomic mass is 10.2. The first-order chi connectivity index (χ1) is 4.79. The molecule has 2 heterocycles. The van der Waals surface area contributed by atoms with Crippen molar-refractivity contribution in [1.29, 1.82) is 0 Å². The van der Waals surface area contributed by atoms with E-state index >= 15 is 0 Å². The zero-order chi connectivity index (χ0) is 7.14. The molecule has 0 amide bonds. The summed E-state index contributed by atoms with van der Waals surface area (Å²) >= 11 is 0. The fourth-order valence-corrected chi connectivity index (χ4v) is 1.40. The van der Waals surface area contributed by atoms with Gasteiger partial charge in [-0.3, -0.25) is 4.68 Å². The van der Waals surface area contributed by atoms with Crippen molar-refractivity contribution in [2.75, 3.05) is 0 Å². The number of fused-ring (bicyclic) bond motifs is 1. The van der Waals surface area contributed by atoms with Crippen LogP contribution in [-0.4, -0.2) is 9.78 Å². The first-order valence-electron chi connectivity index (χ1n) is 3.51. The molecular weight excluding hydrogens is 138 g/mol. The molecular formula is C8H15N3. The second-order valence-electron chi connectivity index (χ2n) is 2.74. The fraction of sp³-hybridized carbons (Fsp3) is 0.625. The van der Waals surface area contributed by atoms with Crippen LogP contribution in [0.3, 0.4) is 0 Å². The van der Waals surface area contributed by atoms with Crippen LogP contribution in [-0.2, 0) is 20.1 Å². The smallest absolute Gasteiger partial charge is 0.0810 e. The molecule has 1 aromatic rings. The summed E-state index contributed by atoms with van der Waals surface area (Å²) in [7, 11) is 1.99. The summed E-state index contributed by atoms with van der Waals surface area (Å²) in [4.78, 5) is 0. The molecule has 3 nitrogen and oxygen atoms in total. The average Bonchev–Trinajstić information content (AvgIpc) is 2.41. The van der Waals surface area contributed by atoms with E-state index < -0.39 is 0 Å². The second kappa shape index (κ2) is 2.66. The van der Waals surface area contributed by atoms with Gasteiger partial charge in [-0.25, -0.2) is 0 Å². The lowest BCUT2D eigenvalue weighted by molar-refractivity contribution is 0.671. The van der Waals surface area contributed by atoms with Gasteiger partial charge in [-0.15, -0.1) is 0 Å². The van der Waals surface area contributed by atoms with Crippen LogP contribution >= 0.6 is 0 Å². The minimum absolute atomic E-state index is 0. The van der Waals surface area contributed by atoms with E-state index in [0.717, 1.165) is 13.1 Å². The predicted octanol–water partition coefficient (Wildman–Crippen LogP) is 0.968. The molecule has 3 heteroatoms. The lowest BCUT2D eigenvalue weighted by Gasteiger charge is -1.95. The van der Waals surface area contributed by atoms with Gasteiger partial charge in [0.1, 0.15) is 0 Å². The molecule has 0 saturated carbocycles. The zero-order valence-corrected chi connectivity index (χ0v) is 6.31. The standard InChI is InChI=1S/C7H11N3.CH4/c1-5-6-3-8-4-7(6)9-10(5)2;/h8H,3-4H2,1-2H3;1H4. The van der Waals surface area contributed by atoms with Gasteiger partial charge in [-0.2, -0.15) is 5.10 Å². The summed E-state index contributed by atoms with van der Waals surface area (Å²) < 4.78 is 1.95. The summed E-state index contributed by atoms with van der Waals surface area (Å²) in [5.74, 6) is 0. The number of hydrogen-bond donors (Lipinski definition) is 1. The number of hydrogen-bond acceptors (Lipinski definition) is 2. The summed E-state index contributed by atoms with van der Waals surface area (Å²) in [5.41, 5.74) is 3.91. The zero-order valence-electron chi connectivity index (χ0n) is 6.31. The largest absolute Gasteiger partial charge is 0.307 e. The minimum atomic E-state index is 0. The highest BCUT2D eigenvalue weighted by Gasteiger charge is 2.16. The molecule has 0 fully saturated rings. The molecule has 0 atom stereocenters. The first-order valence-corrected chi connectivity index (χ1v) is 3.51. The predicted molar refractivity (Wildman–Crippen MR) is 45.2 cm³/mol. The molecule has 0 unspecified atom stereocenters. The fourth-order valence-electron chi connectivity index (χ4n) is 1.40. The lowest BCUT2D eigenvalue weighted by Crippen LogP contribution is -2.05. The van der Waals surface area contributed by atoms with Gasteiger partial charge in [-0.05, 0) is 6.92 Å². The van der Waals surface area contributed by atoms with Crippen LogP contribution < -0.4 is 5.32 Å². The molecule has 1 N–H and O–H groups in total. The number of nitrogens with zero attached hydrogens (tertiary/aromatic N) is 2. The maximum atomic E-state index is 4.34. The topological polar surface area (TPSA) is 29.9 Å². The van der Waals surface area contributed by atoms with E-state index in [1.807, 2.05) is 11.7 Å². The monoisotopic (exact) mass is 153 g/mol. The molecule has 0 aromatic carbocycles. The maximum absolute atomic E-state index is 4.34. The Morgan fingerprint density at radius 2 is 2.18 bits per heavy atom. The molecule has 1 aromatic heterocycles. The summed E-state index contributed by atoms with van der Waals surface area (Å²) in [5, 5.41) is 7.60. The number of aryl methyl sites for hydroxylation is 1. The van der Waals surface area contributed by atoms with Crippen molar-refractivity contribution in [3.05, 3.63) is 17.0 Å². The van der Waals surface area contributed by atoms with E-state index in [-0.39, 0.29) is 7.43 Å². The van der Waals surface area contributed by atoms with Gasteiger partial charge in [0, 0.05) is 31.4 Å². The number of nitrogens with one attached hydrogen (secondary N) is 1. The van der Waals surface area contributed by atoms with E-state index in [9.17, 15) is 0 Å². The number of rotatable bonds is 0. The summed E-state index contributed by atoms with van der Waals surface area (Å²) in [6.07, 6.45) is 0. The van der Waals surface area contributed by atoms with Gasteiger partial charge in [0.15, 0.2) is 0 Å². The molecule has 0 bridgehead atoms. The third-order valence-corrected chi connectivity index (χ3v) is 2.14. The second-order valence-corrected chi connectivity index (χ2v) is 2.74. The quantitative estimate of drug-likeness (QED) is 0.602. The Labute approximate surface area is 67.4 Å². The highest BCUT2D eigenvalue weighted by Crippen LogP contribution is 2.16. The van der Waals surface area contributed by atoms with Gasteiger partial charge < -0.3 is 5.32 Å². The summed E-state index contributed by atoms with van der Waals surface area (Å²) in [6.45, 7) is 4.05. The Morgan fingerprint density at radius 3 is 2.82 bits per heavy atom. The van der Waals surface area contributed by atoms with Gasteiger partial charge in [0.2, 0.25) is 0 Å². The van der Waals surface area contributed by atoms with E-state index in [1.54, 1.807) is 0 Å². The van der Waals surface area contributed by atoms with Gasteiger partial charge >= 0.3 is 0 Å². The molecule has 0 aliphatic carbocycles. The van der Waals surface area contributed by atoms with Gasteiger partial charge in [0.05, 0.1) is 5.69 Å². The highest BCUT2D eigenvalue weighted by atomic mass is 15.3. The Bertz CT molecular complexity index is 263. The Morgan fingerprint density at radius 1 is 1.45 bits per heavy atom. The maximum Gasteiger partial charge on any atom is 0.0810 e. The molecule has 2 rings (SSSR count). The van der Waals surface area contributed by atoms with Crippen molar-refractivity contribution in [3.8, 4) is 0 Å².